The van der Waals surface area contributed by atoms with Crippen LogP contribution in [-0.2, 0) is 0 Å². The van der Waals surface area contributed by atoms with Crippen molar-refractivity contribution in [2.24, 2.45) is 0 Å². The maximum absolute atomic E-state index is 13.2. The minimum atomic E-state index is -0.0645. The van der Waals surface area contributed by atoms with E-state index in [2.05, 4.69) is 29.0 Å². The highest BCUT2D eigenvalue weighted by molar-refractivity contribution is 7.16. The van der Waals surface area contributed by atoms with Gasteiger partial charge in [-0.15, -0.1) is 11.3 Å². The normalized spacial score (nSPS) is 11.7. The lowest BCUT2D eigenvalue weighted by atomic mass is 10.0. The van der Waals surface area contributed by atoms with E-state index in [0.717, 1.165) is 21.6 Å². The zero-order chi connectivity index (χ0) is 17.7. The lowest BCUT2D eigenvalue weighted by Gasteiger charge is -2.12. The second-order valence-corrected chi connectivity index (χ2v) is 7.45. The summed E-state index contributed by atoms with van der Waals surface area (Å²) in [7, 11) is 3.99. The van der Waals surface area contributed by atoms with E-state index in [1.807, 2.05) is 48.6 Å². The highest BCUT2D eigenvalue weighted by Crippen LogP contribution is 2.28. The molecule has 0 saturated heterocycles. The van der Waals surface area contributed by atoms with Crippen LogP contribution >= 0.6 is 11.3 Å². The van der Waals surface area contributed by atoms with Crippen molar-refractivity contribution in [2.45, 2.75) is 19.8 Å². The van der Waals surface area contributed by atoms with E-state index in [-0.39, 0.29) is 11.5 Å². The number of H-pyrrole nitrogens is 1. The average Bonchev–Trinajstić information content (AvgIpc) is 3.19. The molecule has 6 nitrogen and oxygen atoms in total. The molecule has 3 heterocycles. The number of hydrogen-bond donors (Lipinski definition) is 1. The van der Waals surface area contributed by atoms with Crippen molar-refractivity contribution in [3.05, 3.63) is 45.6 Å². The van der Waals surface area contributed by atoms with Gasteiger partial charge in [-0.2, -0.15) is 5.10 Å². The summed E-state index contributed by atoms with van der Waals surface area (Å²) in [5.41, 5.74) is 2.95. The first-order valence-corrected chi connectivity index (χ1v) is 9.01. The fourth-order valence-corrected chi connectivity index (χ4v) is 4.05. The van der Waals surface area contributed by atoms with Crippen molar-refractivity contribution >= 4 is 33.0 Å². The number of benzene rings is 1. The van der Waals surface area contributed by atoms with Crippen LogP contribution in [0.1, 0.15) is 25.3 Å². The number of rotatable bonds is 3. The zero-order valence-electron chi connectivity index (χ0n) is 14.6. The predicted octanol–water partition coefficient (Wildman–Crippen LogP) is 3.49. The Morgan fingerprint density at radius 1 is 1.20 bits per heavy atom. The van der Waals surface area contributed by atoms with Gasteiger partial charge in [0.25, 0.3) is 5.56 Å². The first kappa shape index (κ1) is 15.8. The number of fused-ring (bicyclic) bond motifs is 2. The largest absolute Gasteiger partial charge is 0.378 e. The van der Waals surface area contributed by atoms with Crippen molar-refractivity contribution < 1.29 is 0 Å². The first-order valence-electron chi connectivity index (χ1n) is 8.13. The fourth-order valence-electron chi connectivity index (χ4n) is 2.96. The maximum Gasteiger partial charge on any atom is 0.269 e. The minimum Gasteiger partial charge on any atom is -0.378 e. The highest BCUT2D eigenvalue weighted by Gasteiger charge is 2.18. The van der Waals surface area contributed by atoms with Crippen molar-refractivity contribution in [3.63, 3.8) is 0 Å². The number of nitrogens with one attached hydrogen (secondary N) is 1. The average molecular weight is 353 g/mol. The summed E-state index contributed by atoms with van der Waals surface area (Å²) in [5, 5.41) is 9.97. The summed E-state index contributed by atoms with van der Waals surface area (Å²) < 4.78 is 1.58. The van der Waals surface area contributed by atoms with Gasteiger partial charge < -0.3 is 4.90 Å². The van der Waals surface area contributed by atoms with Gasteiger partial charge in [-0.25, -0.2) is 14.5 Å². The summed E-state index contributed by atoms with van der Waals surface area (Å²) in [5.74, 6) is 1.33. The van der Waals surface area contributed by atoms with Crippen LogP contribution in [0.25, 0.3) is 27.4 Å². The Kier molecular flexibility index (Phi) is 3.61. The second-order valence-electron chi connectivity index (χ2n) is 6.59. The molecule has 7 heteroatoms. The van der Waals surface area contributed by atoms with Crippen molar-refractivity contribution in [1.82, 2.24) is 19.6 Å². The second kappa shape index (κ2) is 5.70. The Labute approximate surface area is 148 Å². The van der Waals surface area contributed by atoms with Crippen LogP contribution in [-0.4, -0.2) is 33.7 Å². The van der Waals surface area contributed by atoms with Gasteiger partial charge in [0.2, 0.25) is 5.78 Å². The van der Waals surface area contributed by atoms with Crippen LogP contribution in [0.5, 0.6) is 0 Å². The molecule has 0 aliphatic rings. The predicted molar refractivity (Wildman–Crippen MR) is 103 cm³/mol. The van der Waals surface area contributed by atoms with E-state index in [9.17, 15) is 4.79 Å². The van der Waals surface area contributed by atoms with Crippen LogP contribution in [0.3, 0.4) is 0 Å². The Bertz CT molecular complexity index is 1120. The highest BCUT2D eigenvalue weighted by atomic mass is 32.1. The molecule has 0 saturated carbocycles. The summed E-state index contributed by atoms with van der Waals surface area (Å²) >= 11 is 1.50. The smallest absolute Gasteiger partial charge is 0.269 e. The van der Waals surface area contributed by atoms with E-state index in [0.29, 0.717) is 17.0 Å². The Hall–Kier alpha value is -2.67. The summed E-state index contributed by atoms with van der Waals surface area (Å²) in [6.45, 7) is 4.18. The Balaban J connectivity index is 1.98. The van der Waals surface area contributed by atoms with Gasteiger partial charge >= 0.3 is 0 Å². The molecule has 4 aromatic rings. The first-order chi connectivity index (χ1) is 12.0. The van der Waals surface area contributed by atoms with E-state index in [1.54, 1.807) is 4.40 Å². The molecule has 0 unspecified atom stereocenters. The Morgan fingerprint density at radius 2 is 1.92 bits per heavy atom. The van der Waals surface area contributed by atoms with Gasteiger partial charge in [0, 0.05) is 25.3 Å². The molecule has 25 heavy (non-hydrogen) atoms. The van der Waals surface area contributed by atoms with E-state index >= 15 is 0 Å². The Morgan fingerprint density at radius 3 is 2.56 bits per heavy atom. The van der Waals surface area contributed by atoms with Crippen molar-refractivity contribution in [1.29, 1.82) is 0 Å². The third-order valence-electron chi connectivity index (χ3n) is 4.37. The van der Waals surface area contributed by atoms with Gasteiger partial charge in [0.05, 0.1) is 5.39 Å². The number of anilines is 1. The van der Waals surface area contributed by atoms with Gasteiger partial charge in [-0.3, -0.25) is 4.79 Å². The van der Waals surface area contributed by atoms with Crippen LogP contribution in [0.2, 0.25) is 0 Å². The number of aromatic nitrogens is 4. The molecule has 1 aromatic carbocycles. The number of aromatic amines is 1. The van der Waals surface area contributed by atoms with Gasteiger partial charge in [-0.1, -0.05) is 13.8 Å². The molecule has 0 aliphatic carbocycles. The van der Waals surface area contributed by atoms with Gasteiger partial charge in [0.1, 0.15) is 4.83 Å². The molecule has 0 fully saturated rings. The monoisotopic (exact) mass is 353 g/mol. The molecule has 0 bridgehead atoms. The lowest BCUT2D eigenvalue weighted by molar-refractivity contribution is 0.877. The number of hydrogen-bond acceptors (Lipinski definition) is 5. The summed E-state index contributed by atoms with van der Waals surface area (Å²) in [6.07, 6.45) is 0. The van der Waals surface area contributed by atoms with E-state index in [1.165, 1.54) is 11.3 Å². The van der Waals surface area contributed by atoms with Gasteiger partial charge in [-0.05, 0) is 41.1 Å². The molecule has 0 radical (unpaired) electrons. The fraction of sp³-hybridized carbons (Fsp3) is 0.278. The molecule has 1 N–H and O–H groups in total. The number of nitrogens with zero attached hydrogens (tertiary/aromatic N) is 4. The topological polar surface area (TPSA) is 66.3 Å². The standard InChI is InChI=1S/C18H19N5OS/c1-10(2)13-9-25-16-14(13)17(24)23-15(20-21-18(23)19-16)11-5-7-12(8-6-11)22(3)4/h5-10H,1-4H3,(H,19,21). The summed E-state index contributed by atoms with van der Waals surface area (Å²) in [4.78, 5) is 20.5. The SMILES string of the molecule is CC(C)c1csc2nc3[nH]nc(-c4ccc(N(C)C)cc4)n3c(=O)c12. The number of thiophene rings is 1. The third kappa shape index (κ3) is 2.42. The lowest BCUT2D eigenvalue weighted by Crippen LogP contribution is -2.16. The maximum atomic E-state index is 13.2. The zero-order valence-corrected chi connectivity index (χ0v) is 15.4. The van der Waals surface area contributed by atoms with Crippen LogP contribution in [0.4, 0.5) is 5.69 Å². The van der Waals surface area contributed by atoms with Gasteiger partial charge in [0.15, 0.2) is 5.82 Å². The molecule has 0 aliphatic heterocycles. The molecular weight excluding hydrogens is 334 g/mol. The molecule has 128 valence electrons. The van der Waals surface area contributed by atoms with Crippen molar-refractivity contribution in [2.75, 3.05) is 19.0 Å². The van der Waals surface area contributed by atoms with Crippen LogP contribution in [0, 0.1) is 0 Å². The van der Waals surface area contributed by atoms with Crippen LogP contribution < -0.4 is 10.5 Å². The molecule has 4 rings (SSSR count). The summed E-state index contributed by atoms with van der Waals surface area (Å²) in [6, 6.07) is 7.96. The molecule has 0 atom stereocenters. The minimum absolute atomic E-state index is 0.0645. The molecule has 0 amide bonds. The van der Waals surface area contributed by atoms with Crippen LogP contribution in [0.15, 0.2) is 34.4 Å². The molecular formula is C18H19N5OS. The van der Waals surface area contributed by atoms with E-state index in [4.69, 9.17) is 0 Å². The molecule has 0 spiro atoms. The van der Waals surface area contributed by atoms with E-state index < -0.39 is 0 Å². The molecule has 3 aromatic heterocycles. The third-order valence-corrected chi connectivity index (χ3v) is 5.26. The quantitative estimate of drug-likeness (QED) is 0.612. The van der Waals surface area contributed by atoms with Crippen molar-refractivity contribution in [3.8, 4) is 11.4 Å².